The summed E-state index contributed by atoms with van der Waals surface area (Å²) in [5.41, 5.74) is 1.09. The summed E-state index contributed by atoms with van der Waals surface area (Å²) >= 11 is 0. The van der Waals surface area contributed by atoms with Crippen molar-refractivity contribution in [3.8, 4) is 0 Å². The lowest BCUT2D eigenvalue weighted by Gasteiger charge is -2.22. The first-order valence-electron chi connectivity index (χ1n) is 7.17. The molecule has 2 rings (SSSR count). The molecule has 0 radical (unpaired) electrons. The maximum Gasteiger partial charge on any atom is 0.133 e. The largest absolute Gasteiger partial charge is 0.388 e. The fraction of sp³-hybridized carbons (Fsp3) is 0.562. The Labute approximate surface area is 119 Å². The van der Waals surface area contributed by atoms with Gasteiger partial charge in [0.25, 0.3) is 0 Å². The molecule has 0 saturated heterocycles. The summed E-state index contributed by atoms with van der Waals surface area (Å²) in [4.78, 5) is 11.1. The van der Waals surface area contributed by atoms with Crippen molar-refractivity contribution in [3.05, 3.63) is 35.9 Å². The highest BCUT2D eigenvalue weighted by molar-refractivity contribution is 5.79. The van der Waals surface area contributed by atoms with Crippen LogP contribution in [0.4, 0.5) is 0 Å². The van der Waals surface area contributed by atoms with Crippen molar-refractivity contribution < 1.29 is 19.4 Å². The van der Waals surface area contributed by atoms with Crippen LogP contribution < -0.4 is 0 Å². The molecule has 0 bridgehead atoms. The Morgan fingerprint density at radius 2 is 1.85 bits per heavy atom. The van der Waals surface area contributed by atoms with E-state index in [4.69, 9.17) is 9.47 Å². The van der Waals surface area contributed by atoms with Crippen LogP contribution in [0.1, 0.15) is 31.2 Å². The van der Waals surface area contributed by atoms with Gasteiger partial charge in [-0.25, -0.2) is 0 Å². The minimum atomic E-state index is -0.614. The van der Waals surface area contributed by atoms with Gasteiger partial charge in [-0.15, -0.1) is 0 Å². The standard InChI is InChI=1S/C16H22O4/c17-14-6-8-16(9-7-14)20-12-15(18)11-19-10-13-4-2-1-3-5-13/h1-5,15-16,18H,6-12H2. The number of benzene rings is 1. The molecule has 4 nitrogen and oxygen atoms in total. The molecular formula is C16H22O4. The second kappa shape index (κ2) is 8.15. The SMILES string of the molecule is O=C1CCC(OCC(O)COCc2ccccc2)CC1. The molecule has 1 N–H and O–H groups in total. The highest BCUT2D eigenvalue weighted by Gasteiger charge is 2.20. The van der Waals surface area contributed by atoms with E-state index in [1.807, 2.05) is 30.3 Å². The smallest absolute Gasteiger partial charge is 0.133 e. The fourth-order valence-electron chi connectivity index (χ4n) is 2.26. The van der Waals surface area contributed by atoms with Crippen LogP contribution in [-0.4, -0.2) is 36.3 Å². The van der Waals surface area contributed by atoms with Gasteiger partial charge in [0.15, 0.2) is 0 Å². The zero-order valence-electron chi connectivity index (χ0n) is 11.7. The average molecular weight is 278 g/mol. The van der Waals surface area contributed by atoms with Crippen LogP contribution in [0.2, 0.25) is 0 Å². The molecule has 0 heterocycles. The normalized spacial score (nSPS) is 18.1. The minimum Gasteiger partial charge on any atom is -0.388 e. The molecule has 1 fully saturated rings. The van der Waals surface area contributed by atoms with E-state index in [1.54, 1.807) is 0 Å². The summed E-state index contributed by atoms with van der Waals surface area (Å²) in [6, 6.07) is 9.86. The van der Waals surface area contributed by atoms with Gasteiger partial charge in [0.2, 0.25) is 0 Å². The highest BCUT2D eigenvalue weighted by Crippen LogP contribution is 2.18. The second-order valence-corrected chi connectivity index (χ2v) is 5.23. The number of ketones is 1. The Kier molecular flexibility index (Phi) is 6.18. The van der Waals surface area contributed by atoms with E-state index < -0.39 is 6.10 Å². The van der Waals surface area contributed by atoms with Crippen molar-refractivity contribution in [2.24, 2.45) is 0 Å². The molecule has 4 heteroatoms. The maximum atomic E-state index is 11.1. The summed E-state index contributed by atoms with van der Waals surface area (Å²) in [5, 5.41) is 9.79. The lowest BCUT2D eigenvalue weighted by molar-refractivity contribution is -0.124. The number of rotatable bonds is 7. The third-order valence-electron chi connectivity index (χ3n) is 3.44. The first-order chi connectivity index (χ1) is 9.74. The quantitative estimate of drug-likeness (QED) is 0.830. The number of Topliss-reactive ketones (excluding diaryl/α,β-unsaturated/α-hetero) is 1. The predicted molar refractivity (Wildman–Crippen MR) is 75.3 cm³/mol. The summed E-state index contributed by atoms with van der Waals surface area (Å²) in [6.45, 7) is 1.03. The van der Waals surface area contributed by atoms with Gasteiger partial charge in [0, 0.05) is 12.8 Å². The monoisotopic (exact) mass is 278 g/mol. The molecule has 0 aromatic heterocycles. The van der Waals surface area contributed by atoms with Crippen LogP contribution in [0.3, 0.4) is 0 Å². The molecule has 1 aliphatic carbocycles. The highest BCUT2D eigenvalue weighted by atomic mass is 16.5. The number of aliphatic hydroxyl groups excluding tert-OH is 1. The summed E-state index contributed by atoms with van der Waals surface area (Å²) in [6.07, 6.45) is 2.25. The van der Waals surface area contributed by atoms with Crippen molar-refractivity contribution in [2.45, 2.75) is 44.5 Å². The number of carbonyl (C=O) groups is 1. The Bertz CT molecular complexity index is 394. The van der Waals surface area contributed by atoms with Crippen LogP contribution in [-0.2, 0) is 20.9 Å². The van der Waals surface area contributed by atoms with Crippen molar-refractivity contribution >= 4 is 5.78 Å². The molecule has 0 spiro atoms. The van der Waals surface area contributed by atoms with E-state index in [1.165, 1.54) is 0 Å². The number of carbonyl (C=O) groups excluding carboxylic acids is 1. The van der Waals surface area contributed by atoms with Gasteiger partial charge in [-0.1, -0.05) is 30.3 Å². The van der Waals surface area contributed by atoms with Crippen LogP contribution in [0.5, 0.6) is 0 Å². The minimum absolute atomic E-state index is 0.108. The molecule has 1 aromatic rings. The molecule has 1 saturated carbocycles. The summed E-state index contributed by atoms with van der Waals surface area (Å²) in [5.74, 6) is 0.316. The fourth-order valence-corrected chi connectivity index (χ4v) is 2.26. The van der Waals surface area contributed by atoms with Gasteiger partial charge < -0.3 is 14.6 Å². The third kappa shape index (κ3) is 5.41. The lowest BCUT2D eigenvalue weighted by Crippen LogP contribution is -2.28. The average Bonchev–Trinajstić information content (AvgIpc) is 2.48. The number of hydrogen-bond donors (Lipinski definition) is 1. The lowest BCUT2D eigenvalue weighted by atomic mass is 9.96. The van der Waals surface area contributed by atoms with Crippen molar-refractivity contribution in [3.63, 3.8) is 0 Å². The van der Waals surface area contributed by atoms with Crippen molar-refractivity contribution in [1.82, 2.24) is 0 Å². The van der Waals surface area contributed by atoms with Crippen LogP contribution >= 0.6 is 0 Å². The van der Waals surface area contributed by atoms with E-state index in [9.17, 15) is 9.90 Å². The van der Waals surface area contributed by atoms with Crippen LogP contribution in [0.15, 0.2) is 30.3 Å². The topological polar surface area (TPSA) is 55.8 Å². The summed E-state index contributed by atoms with van der Waals surface area (Å²) < 4.78 is 11.1. The van der Waals surface area contributed by atoms with Crippen molar-refractivity contribution in [2.75, 3.05) is 13.2 Å². The molecule has 1 atom stereocenters. The number of hydrogen-bond acceptors (Lipinski definition) is 4. The number of aliphatic hydroxyl groups is 1. The van der Waals surface area contributed by atoms with Gasteiger partial charge in [-0.3, -0.25) is 4.79 Å². The zero-order chi connectivity index (χ0) is 14.2. The predicted octanol–water partition coefficient (Wildman–Crippen LogP) is 2.09. The van der Waals surface area contributed by atoms with E-state index >= 15 is 0 Å². The Morgan fingerprint density at radius 1 is 1.15 bits per heavy atom. The molecule has 1 aliphatic rings. The Hall–Kier alpha value is -1.23. The van der Waals surface area contributed by atoms with Gasteiger partial charge in [0.1, 0.15) is 11.9 Å². The zero-order valence-corrected chi connectivity index (χ0v) is 11.7. The molecule has 0 amide bonds. The molecular weight excluding hydrogens is 256 g/mol. The van der Waals surface area contributed by atoms with Crippen LogP contribution in [0, 0.1) is 0 Å². The van der Waals surface area contributed by atoms with E-state index in [-0.39, 0.29) is 19.3 Å². The van der Waals surface area contributed by atoms with Crippen LogP contribution in [0.25, 0.3) is 0 Å². The van der Waals surface area contributed by atoms with E-state index in [2.05, 4.69) is 0 Å². The molecule has 20 heavy (non-hydrogen) atoms. The maximum absolute atomic E-state index is 11.1. The van der Waals surface area contributed by atoms with E-state index in [0.29, 0.717) is 25.2 Å². The first-order valence-corrected chi connectivity index (χ1v) is 7.17. The number of ether oxygens (including phenoxy) is 2. The molecule has 1 unspecified atom stereocenters. The molecule has 0 aliphatic heterocycles. The van der Waals surface area contributed by atoms with Gasteiger partial charge in [0.05, 0.1) is 25.9 Å². The second-order valence-electron chi connectivity index (χ2n) is 5.23. The first kappa shape index (κ1) is 15.2. The third-order valence-corrected chi connectivity index (χ3v) is 3.44. The van der Waals surface area contributed by atoms with Gasteiger partial charge >= 0.3 is 0 Å². The van der Waals surface area contributed by atoms with Gasteiger partial charge in [-0.05, 0) is 18.4 Å². The summed E-state index contributed by atoms with van der Waals surface area (Å²) in [7, 11) is 0. The van der Waals surface area contributed by atoms with Crippen molar-refractivity contribution in [1.29, 1.82) is 0 Å². The van der Waals surface area contributed by atoms with Gasteiger partial charge in [-0.2, -0.15) is 0 Å². The Morgan fingerprint density at radius 3 is 2.55 bits per heavy atom. The molecule has 110 valence electrons. The Balaban J connectivity index is 1.56. The molecule has 1 aromatic carbocycles. The van der Waals surface area contributed by atoms with E-state index in [0.717, 1.165) is 18.4 Å².